The molecule has 1 saturated carbocycles. The molecule has 1 amide bonds. The molecule has 1 aliphatic carbocycles. The smallest absolute Gasteiger partial charge is 0.254 e. The molecule has 1 aromatic carbocycles. The second kappa shape index (κ2) is 7.66. The van der Waals surface area contributed by atoms with Crippen LogP contribution in [0.25, 0.3) is 20.9 Å². The molecule has 1 heterocycles. The van der Waals surface area contributed by atoms with Gasteiger partial charge in [-0.05, 0) is 73.3 Å². The minimum atomic E-state index is -0.276. The lowest BCUT2D eigenvalue weighted by molar-refractivity contribution is 0.0260. The zero-order valence-corrected chi connectivity index (χ0v) is 14.5. The highest BCUT2D eigenvalue weighted by Crippen LogP contribution is 2.42. The molecule has 136 valence electrons. The lowest BCUT2D eigenvalue weighted by atomic mass is 9.78. The van der Waals surface area contributed by atoms with Crippen LogP contribution >= 0.6 is 0 Å². The fourth-order valence-electron chi connectivity index (χ4n) is 4.18. The first kappa shape index (κ1) is 18.1. The second-order valence-corrected chi connectivity index (χ2v) is 6.98. The number of carbonyl (C=O) groups excluding carboxylic acids is 1. The molecule has 9 heteroatoms. The predicted molar refractivity (Wildman–Crippen MR) is 95.6 cm³/mol. The Balaban J connectivity index is 1.91. The van der Waals surface area contributed by atoms with Gasteiger partial charge >= 0.3 is 0 Å². The standard InChI is InChI=1S/C17H21N7O2/c18-22-20-11-12-8-13(10-14(9-12)21-23-19)16(26)24-7-1-4-17(24)5-2-15(25)3-6-17/h8-10,15,25H,1-7,11H2. The van der Waals surface area contributed by atoms with E-state index in [2.05, 4.69) is 20.1 Å². The summed E-state index contributed by atoms with van der Waals surface area (Å²) in [6, 6.07) is 4.88. The third-order valence-corrected chi connectivity index (χ3v) is 5.43. The molecule has 3 rings (SSSR count). The zero-order valence-electron chi connectivity index (χ0n) is 14.5. The van der Waals surface area contributed by atoms with E-state index in [-0.39, 0.29) is 24.1 Å². The van der Waals surface area contributed by atoms with Crippen LogP contribution in [0.2, 0.25) is 0 Å². The average Bonchev–Trinajstić information content (AvgIpc) is 3.05. The molecule has 2 aliphatic rings. The molecule has 0 bridgehead atoms. The summed E-state index contributed by atoms with van der Waals surface area (Å²) in [5.41, 5.74) is 18.4. The maximum absolute atomic E-state index is 13.2. The quantitative estimate of drug-likeness (QED) is 0.487. The molecule has 0 aromatic heterocycles. The van der Waals surface area contributed by atoms with Crippen LogP contribution in [0.15, 0.2) is 28.4 Å². The molecule has 1 aliphatic heterocycles. The third kappa shape index (κ3) is 3.60. The summed E-state index contributed by atoms with van der Waals surface area (Å²) in [5, 5.41) is 16.9. The van der Waals surface area contributed by atoms with E-state index >= 15 is 0 Å². The first-order valence-electron chi connectivity index (χ1n) is 8.78. The Morgan fingerprint density at radius 2 is 2.00 bits per heavy atom. The van der Waals surface area contributed by atoms with Gasteiger partial charge in [-0.1, -0.05) is 10.2 Å². The molecule has 1 aromatic rings. The normalized spacial score (nSPS) is 24.8. The number of aliphatic hydroxyl groups is 1. The highest BCUT2D eigenvalue weighted by atomic mass is 16.3. The topological polar surface area (TPSA) is 138 Å². The van der Waals surface area contributed by atoms with Crippen LogP contribution in [0.1, 0.15) is 54.4 Å². The number of amides is 1. The first-order valence-corrected chi connectivity index (χ1v) is 8.78. The summed E-state index contributed by atoms with van der Waals surface area (Å²) in [4.78, 5) is 20.7. The molecule has 1 saturated heterocycles. The van der Waals surface area contributed by atoms with Crippen molar-refractivity contribution in [2.45, 2.75) is 56.7 Å². The molecule has 9 nitrogen and oxygen atoms in total. The average molecular weight is 355 g/mol. The van der Waals surface area contributed by atoms with Gasteiger partial charge in [-0.2, -0.15) is 0 Å². The minimum absolute atomic E-state index is 0.0862. The number of hydrogen-bond acceptors (Lipinski definition) is 4. The van der Waals surface area contributed by atoms with Crippen molar-refractivity contribution < 1.29 is 9.90 Å². The van der Waals surface area contributed by atoms with Crippen molar-refractivity contribution in [2.24, 2.45) is 10.2 Å². The molecule has 0 radical (unpaired) electrons. The van der Waals surface area contributed by atoms with Gasteiger partial charge in [-0.3, -0.25) is 4.79 Å². The maximum Gasteiger partial charge on any atom is 0.254 e. The highest BCUT2D eigenvalue weighted by molar-refractivity contribution is 5.96. The third-order valence-electron chi connectivity index (χ3n) is 5.43. The van der Waals surface area contributed by atoms with Gasteiger partial charge in [0.1, 0.15) is 0 Å². The second-order valence-electron chi connectivity index (χ2n) is 6.98. The lowest BCUT2D eigenvalue weighted by Gasteiger charge is -2.43. The van der Waals surface area contributed by atoms with Crippen LogP contribution in [0.5, 0.6) is 0 Å². The van der Waals surface area contributed by atoms with Gasteiger partial charge in [0.25, 0.3) is 5.91 Å². The molecule has 2 fully saturated rings. The van der Waals surface area contributed by atoms with E-state index in [4.69, 9.17) is 11.1 Å². The summed E-state index contributed by atoms with van der Waals surface area (Å²) >= 11 is 0. The number of carbonyl (C=O) groups is 1. The van der Waals surface area contributed by atoms with Crippen LogP contribution in [-0.4, -0.2) is 34.1 Å². The van der Waals surface area contributed by atoms with Gasteiger partial charge in [0.05, 0.1) is 12.6 Å². The van der Waals surface area contributed by atoms with Gasteiger partial charge in [-0.25, -0.2) is 0 Å². The molecule has 1 N–H and O–H groups in total. The van der Waals surface area contributed by atoms with E-state index in [1.54, 1.807) is 18.2 Å². The first-order chi connectivity index (χ1) is 12.6. The summed E-state index contributed by atoms with van der Waals surface area (Å²) in [7, 11) is 0. The van der Waals surface area contributed by atoms with Gasteiger partial charge in [-0.15, -0.1) is 0 Å². The van der Waals surface area contributed by atoms with Crippen molar-refractivity contribution in [1.29, 1.82) is 0 Å². The SMILES string of the molecule is [N-]=[N+]=NCc1cc(N=[N+]=[N-])cc(C(=O)N2CCCC23CCC(O)CC3)c1. The Morgan fingerprint density at radius 3 is 2.69 bits per heavy atom. The molecule has 1 spiro atoms. The fourth-order valence-corrected chi connectivity index (χ4v) is 4.18. The summed E-state index contributed by atoms with van der Waals surface area (Å²) < 4.78 is 0. The van der Waals surface area contributed by atoms with Crippen molar-refractivity contribution in [3.05, 3.63) is 50.2 Å². The van der Waals surface area contributed by atoms with E-state index in [1.165, 1.54) is 0 Å². The molecular formula is C17H21N7O2. The number of rotatable bonds is 4. The Bertz CT molecular complexity index is 788. The van der Waals surface area contributed by atoms with Crippen molar-refractivity contribution in [3.8, 4) is 0 Å². The molecule has 0 atom stereocenters. The molecular weight excluding hydrogens is 334 g/mol. The fraction of sp³-hybridized carbons (Fsp3) is 0.588. The minimum Gasteiger partial charge on any atom is -0.393 e. The van der Waals surface area contributed by atoms with Crippen LogP contribution in [-0.2, 0) is 6.54 Å². The van der Waals surface area contributed by atoms with E-state index in [1.807, 2.05) is 4.90 Å². The summed E-state index contributed by atoms with van der Waals surface area (Å²) in [6.45, 7) is 0.773. The Hall–Kier alpha value is -2.73. The van der Waals surface area contributed by atoms with Crippen LogP contribution in [0, 0.1) is 0 Å². The Kier molecular flexibility index (Phi) is 5.32. The Morgan fingerprint density at radius 1 is 1.23 bits per heavy atom. The monoisotopic (exact) mass is 355 g/mol. The van der Waals surface area contributed by atoms with Gasteiger partial charge in [0.15, 0.2) is 0 Å². The van der Waals surface area contributed by atoms with Gasteiger partial charge < -0.3 is 10.0 Å². The van der Waals surface area contributed by atoms with Crippen molar-refractivity contribution >= 4 is 11.6 Å². The summed E-state index contributed by atoms with van der Waals surface area (Å²) in [5.74, 6) is -0.101. The number of aliphatic hydroxyl groups excluding tert-OH is 1. The molecule has 0 unspecified atom stereocenters. The summed E-state index contributed by atoms with van der Waals surface area (Å²) in [6.07, 6.45) is 4.66. The van der Waals surface area contributed by atoms with Crippen LogP contribution in [0.4, 0.5) is 5.69 Å². The number of hydrogen-bond donors (Lipinski definition) is 1. The number of nitrogens with zero attached hydrogens (tertiary/aromatic N) is 7. The van der Waals surface area contributed by atoms with E-state index in [0.29, 0.717) is 36.2 Å². The zero-order chi connectivity index (χ0) is 18.6. The highest BCUT2D eigenvalue weighted by Gasteiger charge is 2.45. The Labute approximate surface area is 150 Å². The number of azide groups is 2. The number of likely N-dealkylation sites (tertiary alicyclic amines) is 1. The predicted octanol–water partition coefficient (Wildman–Crippen LogP) is 4.35. The molecule has 26 heavy (non-hydrogen) atoms. The van der Waals surface area contributed by atoms with Crippen LogP contribution < -0.4 is 0 Å². The largest absolute Gasteiger partial charge is 0.393 e. The number of benzene rings is 1. The van der Waals surface area contributed by atoms with E-state index in [9.17, 15) is 9.90 Å². The van der Waals surface area contributed by atoms with Crippen LogP contribution in [0.3, 0.4) is 0 Å². The lowest BCUT2D eigenvalue weighted by Crippen LogP contribution is -2.50. The van der Waals surface area contributed by atoms with E-state index in [0.717, 1.165) is 25.7 Å². The maximum atomic E-state index is 13.2. The van der Waals surface area contributed by atoms with Gasteiger partial charge in [0, 0.05) is 33.2 Å². The van der Waals surface area contributed by atoms with Gasteiger partial charge in [0.2, 0.25) is 0 Å². The van der Waals surface area contributed by atoms with Crippen molar-refractivity contribution in [2.75, 3.05) is 6.54 Å². The van der Waals surface area contributed by atoms with Crippen molar-refractivity contribution in [1.82, 2.24) is 4.90 Å². The van der Waals surface area contributed by atoms with E-state index < -0.39 is 0 Å². The van der Waals surface area contributed by atoms with Crippen molar-refractivity contribution in [3.63, 3.8) is 0 Å².